The van der Waals surface area contributed by atoms with Gasteiger partial charge in [-0.3, -0.25) is 0 Å². The van der Waals surface area contributed by atoms with E-state index in [4.69, 9.17) is 0 Å². The van der Waals surface area contributed by atoms with Gasteiger partial charge in [0.15, 0.2) is 0 Å². The molecule has 0 unspecified atom stereocenters. The number of carbonyl (C=O) groups excluding carboxylic acids is 3. The predicted molar refractivity (Wildman–Crippen MR) is 58.3 cm³/mol. The van der Waals surface area contributed by atoms with E-state index >= 15 is 0 Å². The maximum absolute atomic E-state index is 12.6. The van der Waals surface area contributed by atoms with E-state index in [-0.39, 0.29) is 0 Å². The maximum atomic E-state index is 12.6. The third-order valence-corrected chi connectivity index (χ3v) is 5.26. The molecule has 19 heavy (non-hydrogen) atoms. The van der Waals surface area contributed by atoms with Gasteiger partial charge in [0, 0.05) is 11.8 Å². The van der Waals surface area contributed by atoms with Crippen LogP contribution in [-0.2, 0) is 14.4 Å². The summed E-state index contributed by atoms with van der Waals surface area (Å²) < 4.78 is 58.0. The lowest BCUT2D eigenvalue weighted by molar-refractivity contribution is -0.0562. The van der Waals surface area contributed by atoms with Crippen LogP contribution in [0.15, 0.2) is 14.0 Å². The van der Waals surface area contributed by atoms with E-state index in [1.165, 1.54) is 0 Å². The van der Waals surface area contributed by atoms with Gasteiger partial charge in [-0.05, 0) is 0 Å². The van der Waals surface area contributed by atoms with Crippen molar-refractivity contribution in [2.24, 2.45) is 14.0 Å². The fourth-order valence-electron chi connectivity index (χ4n) is 0.849. The minimum Gasteiger partial charge on any atom is -0.212 e. The van der Waals surface area contributed by atoms with Gasteiger partial charge in [0.2, 0.25) is 18.2 Å². The lowest BCUT2D eigenvalue weighted by Gasteiger charge is -2.16. The number of hydrogen-bond acceptors (Lipinski definition) is 7. The summed E-state index contributed by atoms with van der Waals surface area (Å²) in [5.41, 5.74) is 0. The Hall–Kier alpha value is -1.57. The lowest BCUT2D eigenvalue weighted by atomic mass is 10.7. The van der Waals surface area contributed by atoms with E-state index in [1.54, 1.807) is 0 Å². The Bertz CT molecular complexity index is 413. The first-order chi connectivity index (χ1) is 8.83. The Morgan fingerprint density at radius 3 is 1.79 bits per heavy atom. The van der Waals surface area contributed by atoms with Gasteiger partial charge in [-0.2, -0.15) is 22.8 Å². The first-order valence-electron chi connectivity index (χ1n) is 4.40. The SMILES string of the molecule is O=C=N[Si](CCSC(F)(F)C(F)F)(N=C=O)N=C=O. The standard InChI is InChI=1S/C7H5F4N3O3SSi/c8-6(9)7(10,11)18-1-2-19(12-3-15,13-4-16)14-5-17/h6H,1-2H2. The molecule has 0 aliphatic rings. The molecule has 0 aromatic carbocycles. The normalized spacial score (nSPS) is 13.7. The van der Waals surface area contributed by atoms with Crippen molar-refractivity contribution < 1.29 is 31.9 Å². The van der Waals surface area contributed by atoms with Crippen molar-refractivity contribution in [1.29, 1.82) is 0 Å². The van der Waals surface area contributed by atoms with Crippen LogP contribution in [-0.4, -0.2) is 44.2 Å². The first-order valence-corrected chi connectivity index (χ1v) is 7.44. The molecule has 0 aromatic heterocycles. The molecule has 0 amide bonds. The van der Waals surface area contributed by atoms with E-state index < -0.39 is 43.8 Å². The number of isocyanates is 3. The van der Waals surface area contributed by atoms with Crippen LogP contribution in [0, 0.1) is 0 Å². The number of hydrogen-bond donors (Lipinski definition) is 0. The number of rotatable bonds is 8. The number of alkyl halides is 4. The molecule has 0 bridgehead atoms. The van der Waals surface area contributed by atoms with Gasteiger partial charge in [-0.1, -0.05) is 11.8 Å². The van der Waals surface area contributed by atoms with Crippen molar-refractivity contribution in [3.05, 3.63) is 0 Å². The molecule has 0 aromatic rings. The molecule has 0 fully saturated rings. The quantitative estimate of drug-likeness (QED) is 0.294. The van der Waals surface area contributed by atoms with E-state index in [9.17, 15) is 31.9 Å². The third kappa shape index (κ3) is 5.73. The molecular weight excluding hydrogens is 310 g/mol. The molecule has 0 atom stereocenters. The largest absolute Gasteiger partial charge is 0.468 e. The molecule has 0 aliphatic carbocycles. The summed E-state index contributed by atoms with van der Waals surface area (Å²) in [6.07, 6.45) is -0.897. The average molecular weight is 315 g/mol. The topological polar surface area (TPSA) is 88.3 Å². The second kappa shape index (κ2) is 7.77. The van der Waals surface area contributed by atoms with Gasteiger partial charge in [0.05, 0.1) is 0 Å². The molecule has 12 heteroatoms. The predicted octanol–water partition coefficient (Wildman–Crippen LogP) is 1.52. The van der Waals surface area contributed by atoms with Gasteiger partial charge in [0.1, 0.15) is 0 Å². The van der Waals surface area contributed by atoms with Gasteiger partial charge in [0.25, 0.3) is 0 Å². The molecule has 0 radical (unpaired) electrons. The van der Waals surface area contributed by atoms with Crippen LogP contribution in [0.25, 0.3) is 0 Å². The summed E-state index contributed by atoms with van der Waals surface area (Å²) in [6, 6.07) is -0.542. The molecule has 0 N–H and O–H groups in total. The van der Waals surface area contributed by atoms with E-state index in [0.717, 1.165) is 18.2 Å². The Morgan fingerprint density at radius 1 is 1.05 bits per heavy atom. The van der Waals surface area contributed by atoms with Crippen molar-refractivity contribution in [2.45, 2.75) is 17.7 Å². The summed E-state index contributed by atoms with van der Waals surface area (Å²) in [4.78, 5) is 30.4. The minimum atomic E-state index is -4.30. The molecule has 0 heterocycles. The van der Waals surface area contributed by atoms with Crippen LogP contribution >= 0.6 is 11.8 Å². The van der Waals surface area contributed by atoms with Gasteiger partial charge in [-0.15, -0.1) is 0 Å². The number of thioether (sulfide) groups is 1. The second-order valence-electron chi connectivity index (χ2n) is 2.84. The van der Waals surface area contributed by atoms with Gasteiger partial charge in [-0.25, -0.2) is 23.2 Å². The smallest absolute Gasteiger partial charge is 0.212 e. The van der Waals surface area contributed by atoms with Gasteiger partial charge >= 0.3 is 20.2 Å². The molecule has 6 nitrogen and oxygen atoms in total. The summed E-state index contributed by atoms with van der Waals surface area (Å²) in [5, 5.41) is -4.30. The molecular formula is C7H5F4N3O3SSi. The zero-order valence-electron chi connectivity index (χ0n) is 8.98. The Balaban J connectivity index is 4.91. The minimum absolute atomic E-state index is 0.427. The molecule has 0 rings (SSSR count). The van der Waals surface area contributed by atoms with Crippen molar-refractivity contribution >= 4 is 38.6 Å². The maximum Gasteiger partial charge on any atom is 0.468 e. The highest BCUT2D eigenvalue weighted by Gasteiger charge is 2.43. The second-order valence-corrected chi connectivity index (χ2v) is 6.81. The van der Waals surface area contributed by atoms with E-state index in [0.29, 0.717) is 0 Å². The number of nitrogens with zero attached hydrogens (tertiary/aromatic N) is 3. The van der Waals surface area contributed by atoms with E-state index in [2.05, 4.69) is 14.0 Å². The van der Waals surface area contributed by atoms with Crippen LogP contribution in [0.4, 0.5) is 17.6 Å². The van der Waals surface area contributed by atoms with Crippen molar-refractivity contribution in [3.63, 3.8) is 0 Å². The highest BCUT2D eigenvalue weighted by Crippen LogP contribution is 2.36. The van der Waals surface area contributed by atoms with Crippen molar-refractivity contribution in [1.82, 2.24) is 0 Å². The Labute approximate surface area is 109 Å². The molecule has 0 aliphatic heterocycles. The molecule has 0 spiro atoms. The highest BCUT2D eigenvalue weighted by molar-refractivity contribution is 8.00. The third-order valence-electron chi connectivity index (χ3n) is 1.66. The fraction of sp³-hybridized carbons (Fsp3) is 0.571. The van der Waals surface area contributed by atoms with E-state index in [1.807, 2.05) is 0 Å². The summed E-state index contributed by atoms with van der Waals surface area (Å²) >= 11 is -0.427. The van der Waals surface area contributed by atoms with Crippen LogP contribution in [0.5, 0.6) is 0 Å². The molecule has 104 valence electrons. The zero-order valence-corrected chi connectivity index (χ0v) is 10.8. The zero-order chi connectivity index (χ0) is 14.9. The highest BCUT2D eigenvalue weighted by atomic mass is 32.2. The number of halogens is 4. The monoisotopic (exact) mass is 315 g/mol. The Kier molecular flexibility index (Phi) is 7.13. The van der Waals surface area contributed by atoms with Crippen LogP contribution in [0.2, 0.25) is 6.04 Å². The Morgan fingerprint density at radius 2 is 1.47 bits per heavy atom. The van der Waals surface area contributed by atoms with Crippen LogP contribution in [0.3, 0.4) is 0 Å². The van der Waals surface area contributed by atoms with Crippen LogP contribution in [0.1, 0.15) is 0 Å². The molecule has 0 saturated heterocycles. The average Bonchev–Trinajstić information content (AvgIpc) is 2.29. The van der Waals surface area contributed by atoms with Crippen molar-refractivity contribution in [3.8, 4) is 0 Å². The molecule has 0 saturated carbocycles. The summed E-state index contributed by atoms with van der Waals surface area (Å²) in [5.74, 6) is -0.648. The van der Waals surface area contributed by atoms with Gasteiger partial charge < -0.3 is 0 Å². The summed E-state index contributed by atoms with van der Waals surface area (Å²) in [6.45, 7) is 0. The van der Waals surface area contributed by atoms with Crippen molar-refractivity contribution in [2.75, 3.05) is 5.75 Å². The lowest BCUT2D eigenvalue weighted by Crippen LogP contribution is -2.30. The first kappa shape index (κ1) is 17.4. The fourth-order valence-corrected chi connectivity index (χ4v) is 3.67. The van der Waals surface area contributed by atoms with Crippen LogP contribution < -0.4 is 0 Å². The summed E-state index contributed by atoms with van der Waals surface area (Å²) in [7, 11) is -3.92.